The second kappa shape index (κ2) is 12.9. The van der Waals surface area contributed by atoms with Crippen molar-refractivity contribution in [2.45, 2.75) is 19.8 Å². The van der Waals surface area contributed by atoms with E-state index in [9.17, 15) is 14.4 Å². The van der Waals surface area contributed by atoms with Crippen LogP contribution in [0.25, 0.3) is 0 Å². The third-order valence-electron chi connectivity index (χ3n) is 6.50. The molecule has 9 nitrogen and oxygen atoms in total. The fraction of sp³-hybridized carbons (Fsp3) is 0.233. The highest BCUT2D eigenvalue weighted by atomic mass is 35.5. The largest absolute Gasteiger partial charge is 0.466 e. The average Bonchev–Trinajstić information content (AvgIpc) is 2.98. The van der Waals surface area contributed by atoms with Gasteiger partial charge in [0.05, 0.1) is 23.8 Å². The first-order chi connectivity index (χ1) is 19.3. The summed E-state index contributed by atoms with van der Waals surface area (Å²) in [4.78, 5) is 44.0. The van der Waals surface area contributed by atoms with Crippen molar-refractivity contribution in [2.24, 2.45) is 5.92 Å². The van der Waals surface area contributed by atoms with E-state index in [1.807, 2.05) is 4.90 Å². The van der Waals surface area contributed by atoms with Gasteiger partial charge in [0.1, 0.15) is 11.7 Å². The molecule has 2 amide bonds. The third-order valence-corrected chi connectivity index (χ3v) is 6.73. The number of aromatic nitrogens is 1. The molecular formula is C30H28ClN5O4. The number of carbonyl (C=O) groups is 3. The topological polar surface area (TPSA) is 124 Å². The molecule has 0 spiro atoms. The lowest BCUT2D eigenvalue weighted by atomic mass is 9.96. The Morgan fingerprint density at radius 2 is 1.75 bits per heavy atom. The van der Waals surface area contributed by atoms with Gasteiger partial charge in [-0.1, -0.05) is 29.7 Å². The molecule has 0 atom stereocenters. The van der Waals surface area contributed by atoms with E-state index < -0.39 is 11.8 Å². The number of benzene rings is 2. The fourth-order valence-electron chi connectivity index (χ4n) is 4.31. The Morgan fingerprint density at radius 1 is 1.05 bits per heavy atom. The number of hydrogen-bond acceptors (Lipinski definition) is 6. The lowest BCUT2D eigenvalue weighted by Gasteiger charge is -2.32. The number of amidine groups is 1. The molecule has 3 N–H and O–H groups in total. The van der Waals surface area contributed by atoms with E-state index in [2.05, 4.69) is 21.5 Å². The lowest BCUT2D eigenvalue weighted by molar-refractivity contribution is -0.149. The van der Waals surface area contributed by atoms with Crippen LogP contribution in [0.15, 0.2) is 60.8 Å². The average molecular weight is 558 g/mol. The zero-order valence-electron chi connectivity index (χ0n) is 21.9. The maximum absolute atomic E-state index is 13.0. The standard InChI is InChI=1S/C30H28ClN5O4/c1-3-19-5-12-26(33-18-19)35-29(38)24-17-23(31)10-11-25(24)34-28(37)21-8-6-20(7-9-21)27(32)36-15-13-22(14-16-36)30(39)40-4-2/h1,5-12,17-18,22,32H,4,13-16H2,2H3,(H,34,37)(H,33,35,38). The number of esters is 1. The van der Waals surface area contributed by atoms with Gasteiger partial charge in [-0.25, -0.2) is 4.98 Å². The van der Waals surface area contributed by atoms with Crippen LogP contribution in [0.5, 0.6) is 0 Å². The number of rotatable bonds is 7. The molecule has 0 bridgehead atoms. The first kappa shape index (κ1) is 28.3. The van der Waals surface area contributed by atoms with Crippen LogP contribution in [-0.2, 0) is 9.53 Å². The molecule has 1 saturated heterocycles. The Kier molecular flexibility index (Phi) is 9.15. The minimum Gasteiger partial charge on any atom is -0.466 e. The molecule has 1 aliphatic rings. The molecule has 0 saturated carbocycles. The van der Waals surface area contributed by atoms with Crippen molar-refractivity contribution < 1.29 is 19.1 Å². The second-order valence-corrected chi connectivity index (χ2v) is 9.55. The highest BCUT2D eigenvalue weighted by Gasteiger charge is 2.27. The second-order valence-electron chi connectivity index (χ2n) is 9.11. The van der Waals surface area contributed by atoms with Crippen LogP contribution in [0, 0.1) is 23.7 Å². The lowest BCUT2D eigenvalue weighted by Crippen LogP contribution is -2.40. The minimum atomic E-state index is -0.505. The van der Waals surface area contributed by atoms with Crippen molar-refractivity contribution in [1.82, 2.24) is 9.88 Å². The molecule has 4 rings (SSSR count). The van der Waals surface area contributed by atoms with E-state index in [1.165, 1.54) is 12.3 Å². The number of likely N-dealkylation sites (tertiary alicyclic amines) is 1. The van der Waals surface area contributed by atoms with Gasteiger partial charge in [0.15, 0.2) is 0 Å². The predicted octanol–water partition coefficient (Wildman–Crippen LogP) is 4.82. The summed E-state index contributed by atoms with van der Waals surface area (Å²) < 4.78 is 5.11. The Morgan fingerprint density at radius 3 is 2.38 bits per heavy atom. The van der Waals surface area contributed by atoms with Crippen molar-refractivity contribution in [3.8, 4) is 12.3 Å². The molecule has 3 aromatic rings. The number of carbonyl (C=O) groups excluding carboxylic acids is 3. The van der Waals surface area contributed by atoms with Crippen molar-refractivity contribution in [1.29, 1.82) is 5.41 Å². The van der Waals surface area contributed by atoms with Gasteiger partial charge < -0.3 is 20.3 Å². The summed E-state index contributed by atoms with van der Waals surface area (Å²) in [6, 6.07) is 14.5. The van der Waals surface area contributed by atoms with Gasteiger partial charge >= 0.3 is 5.97 Å². The number of ether oxygens (including phenoxy) is 1. The Bertz CT molecular complexity index is 1460. The van der Waals surface area contributed by atoms with Gasteiger partial charge in [0.25, 0.3) is 11.8 Å². The van der Waals surface area contributed by atoms with E-state index in [1.54, 1.807) is 55.5 Å². The summed E-state index contributed by atoms with van der Waals surface area (Å²) in [5, 5.41) is 14.3. The van der Waals surface area contributed by atoms with Crippen molar-refractivity contribution in [2.75, 3.05) is 30.3 Å². The molecule has 10 heteroatoms. The number of terminal acetylenes is 1. The number of nitrogens with zero attached hydrogens (tertiary/aromatic N) is 2. The number of halogens is 1. The number of pyridine rings is 1. The van der Waals surface area contributed by atoms with Gasteiger partial charge in [0, 0.05) is 41.0 Å². The number of amides is 2. The van der Waals surface area contributed by atoms with E-state index in [0.717, 1.165) is 0 Å². The third kappa shape index (κ3) is 6.84. The highest BCUT2D eigenvalue weighted by Crippen LogP contribution is 2.24. The molecule has 2 heterocycles. The van der Waals surface area contributed by atoms with Crippen LogP contribution in [-0.4, -0.2) is 53.2 Å². The molecule has 1 aliphatic heterocycles. The Labute approximate surface area is 237 Å². The van der Waals surface area contributed by atoms with Gasteiger partial charge in [-0.05, 0) is 62.2 Å². The predicted molar refractivity (Wildman–Crippen MR) is 154 cm³/mol. The van der Waals surface area contributed by atoms with E-state index in [-0.39, 0.29) is 23.1 Å². The minimum absolute atomic E-state index is 0.139. The van der Waals surface area contributed by atoms with Gasteiger partial charge in [-0.15, -0.1) is 6.42 Å². The summed E-state index contributed by atoms with van der Waals surface area (Å²) in [6.45, 7) is 3.31. The molecule has 204 valence electrons. The first-order valence-corrected chi connectivity index (χ1v) is 13.1. The summed E-state index contributed by atoms with van der Waals surface area (Å²) in [5.74, 6) is 1.83. The van der Waals surface area contributed by atoms with Crippen LogP contribution in [0.4, 0.5) is 11.5 Å². The zero-order chi connectivity index (χ0) is 28.6. The Hall–Kier alpha value is -4.68. The van der Waals surface area contributed by atoms with Gasteiger partial charge in [-0.2, -0.15) is 0 Å². The summed E-state index contributed by atoms with van der Waals surface area (Å²) in [5.41, 5.74) is 2.02. The zero-order valence-corrected chi connectivity index (χ0v) is 22.6. The molecule has 0 radical (unpaired) electrons. The number of anilines is 2. The maximum atomic E-state index is 13.0. The van der Waals surface area contributed by atoms with Crippen LogP contribution in [0.2, 0.25) is 5.02 Å². The van der Waals surface area contributed by atoms with Crippen LogP contribution >= 0.6 is 11.6 Å². The highest BCUT2D eigenvalue weighted by molar-refractivity contribution is 6.31. The van der Waals surface area contributed by atoms with Gasteiger partial charge in [0.2, 0.25) is 0 Å². The number of nitrogens with one attached hydrogen (secondary N) is 3. The molecule has 1 aromatic heterocycles. The quantitative estimate of drug-likeness (QED) is 0.165. The maximum Gasteiger partial charge on any atom is 0.309 e. The van der Waals surface area contributed by atoms with Crippen LogP contribution in [0.3, 0.4) is 0 Å². The van der Waals surface area contributed by atoms with Crippen molar-refractivity contribution >= 4 is 46.7 Å². The SMILES string of the molecule is C#Cc1ccc(NC(=O)c2cc(Cl)ccc2NC(=O)c2ccc(C(=N)N3CCC(C(=O)OCC)CC3)cc2)nc1. The number of piperidine rings is 1. The summed E-state index contributed by atoms with van der Waals surface area (Å²) in [6.07, 6.45) is 8.07. The van der Waals surface area contributed by atoms with Crippen molar-refractivity contribution in [3.63, 3.8) is 0 Å². The van der Waals surface area contributed by atoms with Crippen LogP contribution < -0.4 is 10.6 Å². The van der Waals surface area contributed by atoms with Gasteiger partial charge in [-0.3, -0.25) is 19.8 Å². The van der Waals surface area contributed by atoms with E-state index in [0.29, 0.717) is 65.9 Å². The Balaban J connectivity index is 1.40. The molecule has 1 fully saturated rings. The summed E-state index contributed by atoms with van der Waals surface area (Å²) >= 11 is 6.13. The molecule has 2 aromatic carbocycles. The fourth-order valence-corrected chi connectivity index (χ4v) is 4.48. The van der Waals surface area contributed by atoms with E-state index in [4.69, 9.17) is 28.2 Å². The molecule has 0 unspecified atom stereocenters. The van der Waals surface area contributed by atoms with Crippen LogP contribution in [0.1, 0.15) is 51.6 Å². The molecular weight excluding hydrogens is 530 g/mol. The molecule has 0 aliphatic carbocycles. The van der Waals surface area contributed by atoms with Crippen molar-refractivity contribution in [3.05, 3.63) is 88.1 Å². The smallest absolute Gasteiger partial charge is 0.309 e. The first-order valence-electron chi connectivity index (χ1n) is 12.7. The normalized spacial score (nSPS) is 13.2. The number of hydrogen-bond donors (Lipinski definition) is 3. The monoisotopic (exact) mass is 557 g/mol. The van der Waals surface area contributed by atoms with E-state index >= 15 is 0 Å². The summed E-state index contributed by atoms with van der Waals surface area (Å²) in [7, 11) is 0. The molecule has 40 heavy (non-hydrogen) atoms.